The number of rotatable bonds is 8. The smallest absolute Gasteiger partial charge is 0.322 e. The van der Waals surface area contributed by atoms with Crippen molar-refractivity contribution in [2.24, 2.45) is 0 Å². The number of hydrogen-bond donors (Lipinski definition) is 2. The van der Waals surface area contributed by atoms with Crippen molar-refractivity contribution in [1.82, 2.24) is 5.32 Å². The van der Waals surface area contributed by atoms with Crippen LogP contribution in [0.4, 0.5) is 0 Å². The fourth-order valence-corrected chi connectivity index (χ4v) is 0.948. The lowest BCUT2D eigenvalue weighted by Crippen LogP contribution is -2.22. The van der Waals surface area contributed by atoms with Gasteiger partial charge < -0.3 is 10.4 Å². The zero-order valence-corrected chi connectivity index (χ0v) is 8.08. The molecule has 0 heterocycles. The summed E-state index contributed by atoms with van der Waals surface area (Å²) in [5.41, 5.74) is 0.330. The van der Waals surface area contributed by atoms with Crippen molar-refractivity contribution in [2.75, 3.05) is 6.54 Å². The first-order valence-electron chi connectivity index (χ1n) is 4.51. The average Bonchev–Trinajstić information content (AvgIpc) is 2.16. The highest BCUT2D eigenvalue weighted by Crippen LogP contribution is 2.04. The lowest BCUT2D eigenvalue weighted by atomic mass is 10.1. The summed E-state index contributed by atoms with van der Waals surface area (Å²) in [6, 6.07) is 0. The van der Waals surface area contributed by atoms with Crippen LogP contribution < -0.4 is 5.32 Å². The van der Waals surface area contributed by atoms with Crippen molar-refractivity contribution in [3.8, 4) is 0 Å². The normalized spacial score (nSPS) is 8.86. The third-order valence-corrected chi connectivity index (χ3v) is 1.66. The molecule has 0 aromatic carbocycles. The molecule has 0 saturated heterocycles. The molecule has 0 saturated carbocycles. The van der Waals surface area contributed by atoms with E-state index in [1.165, 1.54) is 0 Å². The molecule has 0 amide bonds. The van der Waals surface area contributed by atoms with E-state index < -0.39 is 5.97 Å². The van der Waals surface area contributed by atoms with E-state index in [0.29, 0.717) is 12.1 Å². The summed E-state index contributed by atoms with van der Waals surface area (Å²) in [4.78, 5) is 20.5. The number of allylic oxidation sites excluding steroid dienone is 2. The van der Waals surface area contributed by atoms with Crippen molar-refractivity contribution < 1.29 is 14.7 Å². The lowest BCUT2D eigenvalue weighted by Gasteiger charge is -2.03. The third kappa shape index (κ3) is 7.13. The SMILES string of the molecule is C=CCCCCC(=C=O)NCC(=O)O. The second-order valence-electron chi connectivity index (χ2n) is 2.86. The van der Waals surface area contributed by atoms with E-state index in [0.717, 1.165) is 19.3 Å². The maximum absolute atomic E-state index is 10.3. The zero-order chi connectivity index (χ0) is 10.8. The molecule has 4 nitrogen and oxygen atoms in total. The van der Waals surface area contributed by atoms with Crippen molar-refractivity contribution in [3.63, 3.8) is 0 Å². The van der Waals surface area contributed by atoms with E-state index in [4.69, 9.17) is 5.11 Å². The molecule has 0 fully saturated rings. The number of carboxylic acid groups (broad SMARTS) is 1. The van der Waals surface area contributed by atoms with E-state index in [1.807, 2.05) is 6.08 Å². The van der Waals surface area contributed by atoms with Crippen LogP contribution >= 0.6 is 0 Å². The van der Waals surface area contributed by atoms with Gasteiger partial charge in [0.15, 0.2) is 0 Å². The van der Waals surface area contributed by atoms with Gasteiger partial charge in [-0.2, -0.15) is 0 Å². The van der Waals surface area contributed by atoms with Gasteiger partial charge in [0.05, 0.1) is 5.70 Å². The molecule has 0 atom stereocenters. The molecule has 0 unspecified atom stereocenters. The Balaban J connectivity index is 3.65. The standard InChI is InChI=1S/C10H15NO3/c1-2-3-4-5-6-9(8-12)11-7-10(13)14/h2,11H,1,3-7H2,(H,13,14). The zero-order valence-electron chi connectivity index (χ0n) is 8.08. The largest absolute Gasteiger partial charge is 0.480 e. The first-order valence-corrected chi connectivity index (χ1v) is 4.51. The summed E-state index contributed by atoms with van der Waals surface area (Å²) in [6.45, 7) is 3.35. The van der Waals surface area contributed by atoms with Crippen LogP contribution in [0.25, 0.3) is 0 Å². The highest BCUT2D eigenvalue weighted by atomic mass is 16.4. The van der Waals surface area contributed by atoms with Crippen molar-refractivity contribution in [1.29, 1.82) is 0 Å². The maximum Gasteiger partial charge on any atom is 0.322 e. The molecule has 78 valence electrons. The Hall–Kier alpha value is -1.54. The van der Waals surface area contributed by atoms with Crippen LogP contribution in [0.1, 0.15) is 25.7 Å². The molecule has 0 aromatic rings. The lowest BCUT2D eigenvalue weighted by molar-refractivity contribution is -0.135. The highest BCUT2D eigenvalue weighted by Gasteiger charge is 2.00. The topological polar surface area (TPSA) is 66.4 Å². The molecule has 0 aliphatic carbocycles. The van der Waals surface area contributed by atoms with Gasteiger partial charge in [0.1, 0.15) is 12.5 Å². The maximum atomic E-state index is 10.3. The van der Waals surface area contributed by atoms with Crippen LogP contribution in [-0.2, 0) is 9.59 Å². The van der Waals surface area contributed by atoms with Gasteiger partial charge in [0.25, 0.3) is 0 Å². The van der Waals surface area contributed by atoms with E-state index in [9.17, 15) is 9.59 Å². The first-order chi connectivity index (χ1) is 6.70. The predicted octanol–water partition coefficient (Wildman–Crippen LogP) is 1.12. The number of carbonyl (C=O) groups is 1. The van der Waals surface area contributed by atoms with Crippen molar-refractivity contribution in [3.05, 3.63) is 18.4 Å². The molecule has 0 radical (unpaired) electrons. The Morgan fingerprint density at radius 3 is 2.71 bits per heavy atom. The second-order valence-corrected chi connectivity index (χ2v) is 2.86. The van der Waals surface area contributed by atoms with Gasteiger partial charge in [-0.15, -0.1) is 6.58 Å². The van der Waals surface area contributed by atoms with E-state index in [2.05, 4.69) is 11.9 Å². The van der Waals surface area contributed by atoms with Gasteiger partial charge in [-0.1, -0.05) is 6.08 Å². The number of nitrogens with one attached hydrogen (secondary N) is 1. The molecular formula is C10H15NO3. The Morgan fingerprint density at radius 2 is 2.21 bits per heavy atom. The summed E-state index contributed by atoms with van der Waals surface area (Å²) in [6.07, 6.45) is 5.05. The van der Waals surface area contributed by atoms with E-state index in [-0.39, 0.29) is 6.54 Å². The number of carboxylic acids is 1. The summed E-state index contributed by atoms with van der Waals surface area (Å²) in [5, 5.41) is 10.9. The summed E-state index contributed by atoms with van der Waals surface area (Å²) >= 11 is 0. The fourth-order valence-electron chi connectivity index (χ4n) is 0.948. The summed E-state index contributed by atoms with van der Waals surface area (Å²) < 4.78 is 0. The van der Waals surface area contributed by atoms with E-state index >= 15 is 0 Å². The minimum Gasteiger partial charge on any atom is -0.480 e. The minimum absolute atomic E-state index is 0.230. The summed E-state index contributed by atoms with van der Waals surface area (Å²) in [5.74, 6) is 0.718. The number of hydrogen-bond acceptors (Lipinski definition) is 3. The molecule has 4 heteroatoms. The van der Waals surface area contributed by atoms with E-state index in [1.54, 1.807) is 5.94 Å². The quantitative estimate of drug-likeness (QED) is 0.347. The van der Waals surface area contributed by atoms with Crippen LogP contribution in [0.2, 0.25) is 0 Å². The van der Waals surface area contributed by atoms with Gasteiger partial charge in [-0.3, -0.25) is 4.79 Å². The van der Waals surface area contributed by atoms with Gasteiger partial charge in [0, 0.05) is 0 Å². The second kappa shape index (κ2) is 8.08. The van der Waals surface area contributed by atoms with Crippen LogP contribution in [-0.4, -0.2) is 23.6 Å². The monoisotopic (exact) mass is 197 g/mol. The Labute approximate surface area is 83.3 Å². The predicted molar refractivity (Wildman–Crippen MR) is 53.5 cm³/mol. The van der Waals surface area contributed by atoms with Crippen molar-refractivity contribution in [2.45, 2.75) is 25.7 Å². The fraction of sp³-hybridized carbons (Fsp3) is 0.500. The highest BCUT2D eigenvalue weighted by molar-refractivity contribution is 5.70. The molecular weight excluding hydrogens is 182 g/mol. The number of unbranched alkanes of at least 4 members (excludes halogenated alkanes) is 2. The molecule has 14 heavy (non-hydrogen) atoms. The first kappa shape index (κ1) is 12.5. The molecule has 0 rings (SSSR count). The van der Waals surface area contributed by atoms with Crippen molar-refractivity contribution >= 4 is 11.9 Å². The average molecular weight is 197 g/mol. The van der Waals surface area contributed by atoms with Crippen LogP contribution in [0.5, 0.6) is 0 Å². The summed E-state index contributed by atoms with van der Waals surface area (Å²) in [7, 11) is 0. The molecule has 0 aliphatic heterocycles. The van der Waals surface area contributed by atoms with Gasteiger partial charge in [-0.25, -0.2) is 4.79 Å². The minimum atomic E-state index is -0.983. The third-order valence-electron chi connectivity index (χ3n) is 1.66. The molecule has 0 aliphatic rings. The number of aliphatic carboxylic acids is 1. The Bertz CT molecular complexity index is 242. The van der Waals surface area contributed by atoms with Gasteiger partial charge >= 0.3 is 5.97 Å². The Morgan fingerprint density at radius 1 is 1.50 bits per heavy atom. The Kier molecular flexibility index (Phi) is 7.19. The molecule has 0 bridgehead atoms. The molecule has 0 aromatic heterocycles. The van der Waals surface area contributed by atoms with Gasteiger partial charge in [0.2, 0.25) is 0 Å². The molecule has 2 N–H and O–H groups in total. The molecule has 0 spiro atoms. The number of carbonyl (C=O) groups excluding carboxylic acids is 1. The van der Waals surface area contributed by atoms with Crippen LogP contribution in [0, 0.1) is 0 Å². The van der Waals surface area contributed by atoms with Crippen LogP contribution in [0.3, 0.4) is 0 Å². The van der Waals surface area contributed by atoms with Gasteiger partial charge in [-0.05, 0) is 25.7 Å². The van der Waals surface area contributed by atoms with Crippen LogP contribution in [0.15, 0.2) is 18.4 Å².